The first-order valence-electron chi connectivity index (χ1n) is 7.85. The number of carbonyl (C=O) groups excluding carboxylic acids is 1. The summed E-state index contributed by atoms with van der Waals surface area (Å²) in [5.41, 5.74) is 1.34. The predicted molar refractivity (Wildman–Crippen MR) is 92.3 cm³/mol. The molecule has 1 saturated heterocycles. The molecule has 1 aromatic carbocycles. The molecule has 0 bridgehead atoms. The van der Waals surface area contributed by atoms with Crippen LogP contribution in [-0.2, 0) is 9.53 Å². The number of cyclic esters (lactones) is 1. The van der Waals surface area contributed by atoms with E-state index in [1.807, 2.05) is 19.1 Å². The van der Waals surface area contributed by atoms with Gasteiger partial charge < -0.3 is 14.7 Å². The van der Waals surface area contributed by atoms with Gasteiger partial charge in [0, 0.05) is 29.8 Å². The quantitative estimate of drug-likeness (QED) is 0.822. The minimum atomic E-state index is -1.12. The third-order valence-corrected chi connectivity index (χ3v) is 5.81. The molecule has 2 unspecified atom stereocenters. The van der Waals surface area contributed by atoms with E-state index in [1.165, 1.54) is 17.8 Å². The lowest BCUT2D eigenvalue weighted by molar-refractivity contribution is -0.146. The summed E-state index contributed by atoms with van der Waals surface area (Å²) in [5.74, 6) is 0.305. The van der Waals surface area contributed by atoms with E-state index in [9.17, 15) is 9.90 Å². The molecule has 1 fully saturated rings. The van der Waals surface area contributed by atoms with Crippen molar-refractivity contribution in [3.63, 3.8) is 0 Å². The molecule has 4 nitrogen and oxygen atoms in total. The van der Waals surface area contributed by atoms with E-state index in [4.69, 9.17) is 16.3 Å². The highest BCUT2D eigenvalue weighted by Gasteiger charge is 2.52. The van der Waals surface area contributed by atoms with Gasteiger partial charge in [-0.3, -0.25) is 0 Å². The number of thioether (sulfide) groups is 1. The van der Waals surface area contributed by atoms with E-state index in [0.29, 0.717) is 16.3 Å². The van der Waals surface area contributed by atoms with Crippen LogP contribution in [0.15, 0.2) is 36.0 Å². The number of benzene rings is 1. The fourth-order valence-electron chi connectivity index (χ4n) is 3.21. The fourth-order valence-corrected chi connectivity index (χ4v) is 4.64. The molecule has 2 aliphatic heterocycles. The molecule has 6 heteroatoms. The van der Waals surface area contributed by atoms with Gasteiger partial charge in [0.2, 0.25) is 4.93 Å². The summed E-state index contributed by atoms with van der Waals surface area (Å²) in [5, 5.41) is 11.6. The molecule has 124 valence electrons. The summed E-state index contributed by atoms with van der Waals surface area (Å²) in [7, 11) is 0. The van der Waals surface area contributed by atoms with Gasteiger partial charge in [0.15, 0.2) is 0 Å². The van der Waals surface area contributed by atoms with E-state index >= 15 is 0 Å². The number of aliphatic hydroxyl groups excluding tert-OH is 1. The van der Waals surface area contributed by atoms with Crippen LogP contribution in [0.4, 0.5) is 0 Å². The largest absolute Gasteiger partial charge is 0.435 e. The Morgan fingerprint density at radius 3 is 2.74 bits per heavy atom. The van der Waals surface area contributed by atoms with Crippen molar-refractivity contribution in [3.05, 3.63) is 46.6 Å². The average molecular weight is 354 g/mol. The smallest absolute Gasteiger partial charge is 0.334 e. The highest BCUT2D eigenvalue weighted by molar-refractivity contribution is 8.00. The molecule has 0 spiro atoms. The number of esters is 1. The van der Waals surface area contributed by atoms with Crippen LogP contribution >= 0.6 is 23.4 Å². The van der Waals surface area contributed by atoms with Gasteiger partial charge >= 0.3 is 5.97 Å². The van der Waals surface area contributed by atoms with E-state index in [0.717, 1.165) is 31.6 Å². The molecule has 2 atom stereocenters. The summed E-state index contributed by atoms with van der Waals surface area (Å²) < 4.78 is 5.67. The van der Waals surface area contributed by atoms with Gasteiger partial charge in [-0.1, -0.05) is 36.7 Å². The van der Waals surface area contributed by atoms with E-state index in [2.05, 4.69) is 4.90 Å². The minimum Gasteiger partial charge on any atom is -0.435 e. The molecular weight excluding hydrogens is 334 g/mol. The van der Waals surface area contributed by atoms with Gasteiger partial charge in [-0.2, -0.15) is 0 Å². The van der Waals surface area contributed by atoms with Crippen LogP contribution in [0.3, 0.4) is 0 Å². The van der Waals surface area contributed by atoms with E-state index < -0.39 is 17.0 Å². The van der Waals surface area contributed by atoms with Crippen molar-refractivity contribution in [1.82, 2.24) is 4.90 Å². The number of hydrogen-bond donors (Lipinski definition) is 1. The van der Waals surface area contributed by atoms with Crippen molar-refractivity contribution < 1.29 is 14.6 Å². The monoisotopic (exact) mass is 353 g/mol. The predicted octanol–water partition coefficient (Wildman–Crippen LogP) is 3.36. The Morgan fingerprint density at radius 2 is 2.09 bits per heavy atom. The van der Waals surface area contributed by atoms with Crippen LogP contribution in [0.25, 0.3) is 0 Å². The lowest BCUT2D eigenvalue weighted by Gasteiger charge is -2.38. The molecule has 2 heterocycles. The molecule has 1 aromatic rings. The first-order chi connectivity index (χ1) is 11.1. The Balaban J connectivity index is 2.03. The molecule has 0 aliphatic carbocycles. The highest BCUT2D eigenvalue weighted by Crippen LogP contribution is 2.50. The summed E-state index contributed by atoms with van der Waals surface area (Å²) in [6.45, 7) is 3.74. The molecule has 0 radical (unpaired) electrons. The third kappa shape index (κ3) is 2.97. The first-order valence-corrected chi connectivity index (χ1v) is 9.21. The molecule has 0 saturated carbocycles. The molecule has 3 rings (SSSR count). The molecule has 2 aliphatic rings. The van der Waals surface area contributed by atoms with Crippen molar-refractivity contribution in [1.29, 1.82) is 0 Å². The SMILES string of the molecule is CCSC1(C(O)c2ccccc2Cl)OC(=O)C=C1N1CCCC1. The van der Waals surface area contributed by atoms with Crippen LogP contribution in [0, 0.1) is 0 Å². The van der Waals surface area contributed by atoms with Crippen molar-refractivity contribution in [2.75, 3.05) is 18.8 Å². The van der Waals surface area contributed by atoms with Crippen LogP contribution in [-0.4, -0.2) is 39.8 Å². The van der Waals surface area contributed by atoms with Gasteiger partial charge in [-0.05, 0) is 24.7 Å². The standard InChI is InChI=1S/C17H20ClNO3S/c1-2-23-17(16(21)12-7-3-4-8-13(12)18)14(11-15(20)22-17)19-9-5-6-10-19/h3-4,7-8,11,16,21H,2,5-6,9-10H2,1H3. The van der Waals surface area contributed by atoms with Crippen molar-refractivity contribution in [2.24, 2.45) is 0 Å². The Labute approximate surface area is 145 Å². The molecule has 0 amide bonds. The summed E-state index contributed by atoms with van der Waals surface area (Å²) in [6, 6.07) is 7.15. The van der Waals surface area contributed by atoms with Gasteiger partial charge in [0.25, 0.3) is 0 Å². The normalized spacial score (nSPS) is 25.4. The molecule has 23 heavy (non-hydrogen) atoms. The average Bonchev–Trinajstić information content (AvgIpc) is 3.15. The summed E-state index contributed by atoms with van der Waals surface area (Å²) in [4.78, 5) is 13.1. The number of halogens is 1. The number of nitrogens with zero attached hydrogens (tertiary/aromatic N) is 1. The number of hydrogen-bond acceptors (Lipinski definition) is 5. The first kappa shape index (κ1) is 16.7. The van der Waals surface area contributed by atoms with Crippen LogP contribution < -0.4 is 0 Å². The highest BCUT2D eigenvalue weighted by atomic mass is 35.5. The van der Waals surface area contributed by atoms with Gasteiger partial charge in [-0.15, -0.1) is 11.8 Å². The van der Waals surface area contributed by atoms with Crippen molar-refractivity contribution >= 4 is 29.3 Å². The van der Waals surface area contributed by atoms with Gasteiger partial charge in [-0.25, -0.2) is 4.79 Å². The number of rotatable bonds is 5. The van der Waals surface area contributed by atoms with E-state index in [1.54, 1.807) is 12.1 Å². The molecular formula is C17H20ClNO3S. The number of likely N-dealkylation sites (tertiary alicyclic amines) is 1. The number of aliphatic hydroxyl groups is 1. The zero-order chi connectivity index (χ0) is 16.4. The zero-order valence-corrected chi connectivity index (χ0v) is 14.6. The maximum atomic E-state index is 12.0. The lowest BCUT2D eigenvalue weighted by Crippen LogP contribution is -2.42. The second-order valence-corrected chi connectivity index (χ2v) is 7.55. The fraction of sp³-hybridized carbons (Fsp3) is 0.471. The Kier molecular flexibility index (Phi) is 4.90. The van der Waals surface area contributed by atoms with Crippen LogP contribution in [0.2, 0.25) is 5.02 Å². The van der Waals surface area contributed by atoms with Crippen molar-refractivity contribution in [3.8, 4) is 0 Å². The molecule has 1 N–H and O–H groups in total. The Morgan fingerprint density at radius 1 is 1.39 bits per heavy atom. The maximum Gasteiger partial charge on any atom is 0.334 e. The second-order valence-electron chi connectivity index (χ2n) is 5.67. The van der Waals surface area contributed by atoms with E-state index in [-0.39, 0.29) is 0 Å². The van der Waals surface area contributed by atoms with Crippen LogP contribution in [0.1, 0.15) is 31.4 Å². The van der Waals surface area contributed by atoms with Crippen molar-refractivity contribution in [2.45, 2.75) is 30.8 Å². The summed E-state index contributed by atoms with van der Waals surface area (Å²) >= 11 is 7.70. The topological polar surface area (TPSA) is 49.8 Å². The number of ether oxygens (including phenoxy) is 1. The van der Waals surface area contributed by atoms with Crippen LogP contribution in [0.5, 0.6) is 0 Å². The Bertz CT molecular complexity index is 630. The minimum absolute atomic E-state index is 0.404. The van der Waals surface area contributed by atoms with Gasteiger partial charge in [0.1, 0.15) is 6.10 Å². The maximum absolute atomic E-state index is 12.0. The lowest BCUT2D eigenvalue weighted by atomic mass is 10.0. The zero-order valence-electron chi connectivity index (χ0n) is 13.0. The summed E-state index contributed by atoms with van der Waals surface area (Å²) in [6.07, 6.45) is 2.68. The number of carbonyl (C=O) groups is 1. The third-order valence-electron chi connectivity index (χ3n) is 4.23. The van der Waals surface area contributed by atoms with Gasteiger partial charge in [0.05, 0.1) is 5.70 Å². The Hall–Kier alpha value is -1.17. The molecule has 0 aromatic heterocycles. The second kappa shape index (κ2) is 6.75.